The zero-order valence-electron chi connectivity index (χ0n) is 10.7. The lowest BCUT2D eigenvalue weighted by Gasteiger charge is -2.35. The molecule has 1 aliphatic carbocycles. The predicted octanol–water partition coefficient (Wildman–Crippen LogP) is 4.83. The van der Waals surface area contributed by atoms with Gasteiger partial charge in [0.2, 0.25) is 0 Å². The molecule has 1 aromatic carbocycles. The third-order valence-corrected chi connectivity index (χ3v) is 5.29. The molecule has 0 bridgehead atoms. The van der Waals surface area contributed by atoms with Crippen molar-refractivity contribution in [3.8, 4) is 0 Å². The van der Waals surface area contributed by atoms with Crippen molar-refractivity contribution in [1.82, 2.24) is 4.90 Å². The molecule has 5 heteroatoms. The van der Waals surface area contributed by atoms with E-state index in [2.05, 4.69) is 31.9 Å². The number of carbonyl (C=O) groups excluding carboxylic acids is 1. The summed E-state index contributed by atoms with van der Waals surface area (Å²) in [5.41, 5.74) is 0.681. The van der Waals surface area contributed by atoms with Crippen LogP contribution in [0.15, 0.2) is 27.1 Å². The Morgan fingerprint density at radius 3 is 2.63 bits per heavy atom. The first kappa shape index (κ1) is 15.3. The average molecular weight is 410 g/mol. The summed E-state index contributed by atoms with van der Waals surface area (Å²) in [4.78, 5) is 14.3. The number of rotatable bonds is 2. The lowest BCUT2D eigenvalue weighted by Crippen LogP contribution is -2.44. The predicted molar refractivity (Wildman–Crippen MR) is 85.8 cm³/mol. The number of nitrogens with zero attached hydrogens (tertiary/aromatic N) is 1. The molecule has 0 spiro atoms. The molecule has 1 amide bonds. The molecule has 0 radical (unpaired) electrons. The first-order valence-electron chi connectivity index (χ1n) is 6.37. The van der Waals surface area contributed by atoms with Crippen LogP contribution in [-0.2, 0) is 0 Å². The Bertz CT molecular complexity index is 481. The normalized spacial score (nSPS) is 23.2. The van der Waals surface area contributed by atoms with Crippen LogP contribution < -0.4 is 0 Å². The van der Waals surface area contributed by atoms with E-state index in [-0.39, 0.29) is 17.3 Å². The summed E-state index contributed by atoms with van der Waals surface area (Å²) >= 11 is 13.2. The molecule has 0 aromatic heterocycles. The third kappa shape index (κ3) is 3.53. The van der Waals surface area contributed by atoms with Gasteiger partial charge in [0.15, 0.2) is 0 Å². The van der Waals surface area contributed by atoms with Crippen LogP contribution in [-0.4, -0.2) is 29.3 Å². The average Bonchev–Trinajstić information content (AvgIpc) is 2.38. The Kier molecular flexibility index (Phi) is 5.32. The van der Waals surface area contributed by atoms with Gasteiger partial charge in [-0.15, -0.1) is 11.6 Å². The lowest BCUT2D eigenvalue weighted by atomic mass is 9.93. The van der Waals surface area contributed by atoms with Gasteiger partial charge in [0.1, 0.15) is 0 Å². The smallest absolute Gasteiger partial charge is 0.255 e. The maximum absolute atomic E-state index is 12.5. The van der Waals surface area contributed by atoms with Gasteiger partial charge in [-0.2, -0.15) is 0 Å². The summed E-state index contributed by atoms with van der Waals surface area (Å²) in [7, 11) is 1.85. The van der Waals surface area contributed by atoms with Crippen molar-refractivity contribution in [3.05, 3.63) is 32.7 Å². The number of carbonyl (C=O) groups is 1. The summed E-state index contributed by atoms with van der Waals surface area (Å²) in [6.07, 6.45) is 4.29. The second kappa shape index (κ2) is 6.59. The molecule has 0 heterocycles. The van der Waals surface area contributed by atoms with Crippen molar-refractivity contribution in [2.24, 2.45) is 0 Å². The van der Waals surface area contributed by atoms with Gasteiger partial charge in [0.05, 0.1) is 10.9 Å². The second-order valence-corrected chi connectivity index (χ2v) is 7.24. The Hall–Kier alpha value is -0.0600. The van der Waals surface area contributed by atoms with Crippen molar-refractivity contribution >= 4 is 49.4 Å². The van der Waals surface area contributed by atoms with Crippen molar-refractivity contribution in [2.45, 2.75) is 37.1 Å². The monoisotopic (exact) mass is 407 g/mol. The molecule has 0 aliphatic heterocycles. The van der Waals surface area contributed by atoms with Gasteiger partial charge in [-0.05, 0) is 47.0 Å². The molecule has 1 aliphatic rings. The fourth-order valence-electron chi connectivity index (χ4n) is 2.51. The third-order valence-electron chi connectivity index (χ3n) is 3.63. The highest BCUT2D eigenvalue weighted by Gasteiger charge is 2.30. The van der Waals surface area contributed by atoms with Crippen molar-refractivity contribution in [2.75, 3.05) is 7.05 Å². The Morgan fingerprint density at radius 1 is 1.32 bits per heavy atom. The van der Waals surface area contributed by atoms with Crippen LogP contribution in [0, 0.1) is 0 Å². The second-order valence-electron chi connectivity index (χ2n) is 4.91. The number of amides is 1. The Morgan fingerprint density at radius 2 is 2.00 bits per heavy atom. The summed E-state index contributed by atoms with van der Waals surface area (Å²) in [6, 6.07) is 5.74. The minimum Gasteiger partial charge on any atom is -0.337 e. The van der Waals surface area contributed by atoms with Crippen LogP contribution in [0.4, 0.5) is 0 Å². The number of hydrogen-bond acceptors (Lipinski definition) is 1. The molecule has 2 nitrogen and oxygen atoms in total. The van der Waals surface area contributed by atoms with Crippen LogP contribution in [0.2, 0.25) is 0 Å². The van der Waals surface area contributed by atoms with Gasteiger partial charge in [-0.3, -0.25) is 4.79 Å². The minimum atomic E-state index is 0.0249. The van der Waals surface area contributed by atoms with Gasteiger partial charge >= 0.3 is 0 Å². The summed E-state index contributed by atoms with van der Waals surface area (Å²) in [5.74, 6) is 0.0249. The maximum Gasteiger partial charge on any atom is 0.255 e. The molecule has 2 rings (SSSR count). The fraction of sp³-hybridized carbons (Fsp3) is 0.500. The molecule has 1 aromatic rings. The SMILES string of the molecule is CN(C(=O)c1ccc(Br)cc1Br)C1CCCCC1Cl. The molecule has 19 heavy (non-hydrogen) atoms. The van der Waals surface area contributed by atoms with E-state index in [4.69, 9.17) is 11.6 Å². The number of benzene rings is 1. The van der Waals surface area contributed by atoms with E-state index < -0.39 is 0 Å². The zero-order valence-corrected chi connectivity index (χ0v) is 14.6. The molecular formula is C14H16Br2ClNO. The first-order valence-corrected chi connectivity index (χ1v) is 8.39. The molecule has 0 N–H and O–H groups in total. The quantitative estimate of drug-likeness (QED) is 0.641. The van der Waals surface area contributed by atoms with Gasteiger partial charge in [-0.25, -0.2) is 0 Å². The molecule has 2 atom stereocenters. The van der Waals surface area contributed by atoms with E-state index in [1.54, 1.807) is 4.90 Å². The Balaban J connectivity index is 2.18. The van der Waals surface area contributed by atoms with Gasteiger partial charge in [0, 0.05) is 22.0 Å². The van der Waals surface area contributed by atoms with Crippen LogP contribution in [0.25, 0.3) is 0 Å². The van der Waals surface area contributed by atoms with Crippen LogP contribution in [0.3, 0.4) is 0 Å². The summed E-state index contributed by atoms with van der Waals surface area (Å²) < 4.78 is 1.76. The van der Waals surface area contributed by atoms with Gasteiger partial charge in [0.25, 0.3) is 5.91 Å². The number of alkyl halides is 1. The molecule has 0 saturated heterocycles. The van der Waals surface area contributed by atoms with Crippen LogP contribution in [0.5, 0.6) is 0 Å². The standard InChI is InChI=1S/C14H16Br2ClNO/c1-18(13-5-3-2-4-12(13)17)14(19)10-7-6-9(15)8-11(10)16/h6-8,12-13H,2-5H2,1H3. The topological polar surface area (TPSA) is 20.3 Å². The Labute approximate surface area is 135 Å². The molecule has 104 valence electrons. The van der Waals surface area contributed by atoms with Gasteiger partial charge < -0.3 is 4.90 Å². The summed E-state index contributed by atoms with van der Waals surface area (Å²) in [6.45, 7) is 0. The van der Waals surface area contributed by atoms with Gasteiger partial charge in [-0.1, -0.05) is 28.8 Å². The van der Waals surface area contributed by atoms with Crippen molar-refractivity contribution in [3.63, 3.8) is 0 Å². The van der Waals surface area contributed by atoms with Crippen LogP contribution in [0.1, 0.15) is 36.0 Å². The fourth-order valence-corrected chi connectivity index (χ4v) is 4.17. The van der Waals surface area contributed by atoms with Crippen molar-refractivity contribution in [1.29, 1.82) is 0 Å². The number of halogens is 3. The highest BCUT2D eigenvalue weighted by atomic mass is 79.9. The van der Waals surface area contributed by atoms with E-state index in [1.165, 1.54) is 0 Å². The molecule has 2 unspecified atom stereocenters. The minimum absolute atomic E-state index is 0.0249. The first-order chi connectivity index (χ1) is 9.00. The van der Waals surface area contributed by atoms with E-state index in [9.17, 15) is 4.79 Å². The highest BCUT2D eigenvalue weighted by molar-refractivity contribution is 9.11. The number of hydrogen-bond donors (Lipinski definition) is 0. The molecular weight excluding hydrogens is 393 g/mol. The molecule has 1 fully saturated rings. The summed E-state index contributed by atoms with van der Waals surface area (Å²) in [5, 5.41) is 0.0666. The maximum atomic E-state index is 12.5. The lowest BCUT2D eigenvalue weighted by molar-refractivity contribution is 0.0699. The van der Waals surface area contributed by atoms with E-state index in [0.29, 0.717) is 5.56 Å². The van der Waals surface area contributed by atoms with E-state index in [1.807, 2.05) is 25.2 Å². The zero-order chi connectivity index (χ0) is 14.0. The van der Waals surface area contributed by atoms with E-state index >= 15 is 0 Å². The highest BCUT2D eigenvalue weighted by Crippen LogP contribution is 2.29. The molecule has 1 saturated carbocycles. The van der Waals surface area contributed by atoms with Crippen LogP contribution >= 0.6 is 43.5 Å². The largest absolute Gasteiger partial charge is 0.337 e. The van der Waals surface area contributed by atoms with E-state index in [0.717, 1.165) is 34.6 Å². The van der Waals surface area contributed by atoms with Crippen molar-refractivity contribution < 1.29 is 4.79 Å².